The monoisotopic (exact) mass is 257 g/mol. The van der Waals surface area contributed by atoms with Crippen LogP contribution in [-0.2, 0) is 16.6 Å². The summed E-state index contributed by atoms with van der Waals surface area (Å²) in [6.45, 7) is 5.29. The topological polar surface area (TPSA) is 66.4 Å². The van der Waals surface area contributed by atoms with Crippen LogP contribution in [-0.4, -0.2) is 19.6 Å². The van der Waals surface area contributed by atoms with Crippen LogP contribution in [0.25, 0.3) is 0 Å². The van der Waals surface area contributed by atoms with Crippen LogP contribution in [0.3, 0.4) is 0 Å². The Morgan fingerprint density at radius 1 is 1.41 bits per heavy atom. The molecule has 1 aromatic rings. The molecule has 17 heavy (non-hydrogen) atoms. The van der Waals surface area contributed by atoms with Gasteiger partial charge in [0.25, 0.3) is 0 Å². The minimum absolute atomic E-state index is 0.0998. The van der Waals surface area contributed by atoms with Crippen molar-refractivity contribution in [2.24, 2.45) is 0 Å². The summed E-state index contributed by atoms with van der Waals surface area (Å²) in [7, 11) is -3.50. The molecule has 0 heterocycles. The molecule has 1 rings (SSSR count). The van der Waals surface area contributed by atoms with Crippen LogP contribution in [0.15, 0.2) is 23.1 Å². The Labute approximate surface area is 103 Å². The van der Waals surface area contributed by atoms with Crippen LogP contribution in [0.4, 0.5) is 0 Å². The molecule has 1 atom stereocenters. The van der Waals surface area contributed by atoms with E-state index in [1.807, 2.05) is 13.8 Å². The van der Waals surface area contributed by atoms with E-state index >= 15 is 0 Å². The zero-order valence-corrected chi connectivity index (χ0v) is 11.2. The molecule has 0 saturated heterocycles. The van der Waals surface area contributed by atoms with Crippen LogP contribution in [0.1, 0.15) is 31.4 Å². The molecule has 0 aliphatic rings. The highest BCUT2D eigenvalue weighted by atomic mass is 32.2. The van der Waals surface area contributed by atoms with Gasteiger partial charge in [0, 0.05) is 6.04 Å². The van der Waals surface area contributed by atoms with Crippen molar-refractivity contribution < 1.29 is 13.5 Å². The average molecular weight is 257 g/mol. The minimum Gasteiger partial charge on any atom is -0.392 e. The van der Waals surface area contributed by atoms with Gasteiger partial charge in [-0.25, -0.2) is 13.1 Å². The number of benzene rings is 1. The van der Waals surface area contributed by atoms with Gasteiger partial charge in [0.15, 0.2) is 0 Å². The molecule has 0 radical (unpaired) electrons. The second-order valence-electron chi connectivity index (χ2n) is 4.13. The van der Waals surface area contributed by atoms with Gasteiger partial charge in [-0.15, -0.1) is 0 Å². The summed E-state index contributed by atoms with van der Waals surface area (Å²) in [6.07, 6.45) is 0.734. The third-order valence-corrected chi connectivity index (χ3v) is 4.56. The summed E-state index contributed by atoms with van der Waals surface area (Å²) >= 11 is 0. The van der Waals surface area contributed by atoms with E-state index in [-0.39, 0.29) is 17.5 Å². The lowest BCUT2D eigenvalue weighted by molar-refractivity contribution is 0.280. The summed E-state index contributed by atoms with van der Waals surface area (Å²) in [5.41, 5.74) is 1.24. The van der Waals surface area contributed by atoms with E-state index in [1.165, 1.54) is 0 Å². The lowest BCUT2D eigenvalue weighted by Gasteiger charge is -2.15. The van der Waals surface area contributed by atoms with Gasteiger partial charge in [-0.2, -0.15) is 0 Å². The first-order valence-corrected chi connectivity index (χ1v) is 7.12. The third-order valence-electron chi connectivity index (χ3n) is 2.82. The molecule has 0 aromatic heterocycles. The lowest BCUT2D eigenvalue weighted by atomic mass is 10.1. The largest absolute Gasteiger partial charge is 0.392 e. The third kappa shape index (κ3) is 3.28. The Bertz CT molecular complexity index is 483. The second kappa shape index (κ2) is 5.62. The van der Waals surface area contributed by atoms with Crippen molar-refractivity contribution in [1.29, 1.82) is 0 Å². The van der Waals surface area contributed by atoms with Crippen molar-refractivity contribution in [1.82, 2.24) is 4.72 Å². The van der Waals surface area contributed by atoms with Crippen molar-refractivity contribution in [3.8, 4) is 0 Å². The lowest BCUT2D eigenvalue weighted by Crippen LogP contribution is -2.32. The Balaban J connectivity index is 3.16. The normalized spacial score (nSPS) is 13.6. The molecular formula is C12H19NO3S. The van der Waals surface area contributed by atoms with Crippen LogP contribution < -0.4 is 4.72 Å². The number of aliphatic hydroxyl groups is 1. The zero-order chi connectivity index (χ0) is 13.1. The van der Waals surface area contributed by atoms with E-state index in [2.05, 4.69) is 4.72 Å². The number of rotatable bonds is 5. The standard InChI is InChI=1S/C12H19NO3S/c1-4-9(2)13-17(15,16)12-7-5-6-11(8-14)10(12)3/h5-7,9,13-14H,4,8H2,1-3H3. The fourth-order valence-corrected chi connectivity index (χ4v) is 3.15. The maximum atomic E-state index is 12.1. The molecule has 5 heteroatoms. The first-order valence-electron chi connectivity index (χ1n) is 5.64. The first kappa shape index (κ1) is 14.2. The average Bonchev–Trinajstić information content (AvgIpc) is 2.28. The molecule has 0 aliphatic carbocycles. The summed E-state index contributed by atoms with van der Waals surface area (Å²) in [4.78, 5) is 0.240. The highest BCUT2D eigenvalue weighted by Gasteiger charge is 2.19. The van der Waals surface area contributed by atoms with Gasteiger partial charge in [0.1, 0.15) is 0 Å². The molecule has 0 aliphatic heterocycles. The SMILES string of the molecule is CCC(C)NS(=O)(=O)c1cccc(CO)c1C. The second-order valence-corrected chi connectivity index (χ2v) is 5.81. The fourth-order valence-electron chi connectivity index (χ4n) is 1.53. The van der Waals surface area contributed by atoms with E-state index in [1.54, 1.807) is 25.1 Å². The highest BCUT2D eigenvalue weighted by molar-refractivity contribution is 7.89. The zero-order valence-electron chi connectivity index (χ0n) is 10.4. The van der Waals surface area contributed by atoms with E-state index in [9.17, 15) is 8.42 Å². The van der Waals surface area contributed by atoms with Gasteiger partial charge in [0.05, 0.1) is 11.5 Å². The first-order chi connectivity index (χ1) is 7.92. The minimum atomic E-state index is -3.50. The van der Waals surface area contributed by atoms with E-state index in [0.29, 0.717) is 11.1 Å². The van der Waals surface area contributed by atoms with Crippen molar-refractivity contribution >= 4 is 10.0 Å². The van der Waals surface area contributed by atoms with E-state index in [0.717, 1.165) is 6.42 Å². The van der Waals surface area contributed by atoms with Crippen molar-refractivity contribution in [2.75, 3.05) is 0 Å². The number of hydrogen-bond acceptors (Lipinski definition) is 3. The molecule has 0 spiro atoms. The molecule has 96 valence electrons. The van der Waals surface area contributed by atoms with Gasteiger partial charge in [-0.05, 0) is 37.5 Å². The van der Waals surface area contributed by atoms with Crippen LogP contribution in [0.5, 0.6) is 0 Å². The van der Waals surface area contributed by atoms with Crippen LogP contribution >= 0.6 is 0 Å². The number of hydrogen-bond donors (Lipinski definition) is 2. The molecule has 0 amide bonds. The Kier molecular flexibility index (Phi) is 4.68. The maximum Gasteiger partial charge on any atom is 0.241 e. The maximum absolute atomic E-state index is 12.1. The highest BCUT2D eigenvalue weighted by Crippen LogP contribution is 2.19. The Morgan fingerprint density at radius 3 is 2.59 bits per heavy atom. The van der Waals surface area contributed by atoms with Gasteiger partial charge in [-0.1, -0.05) is 19.1 Å². The molecule has 1 aromatic carbocycles. The Hall–Kier alpha value is -0.910. The van der Waals surface area contributed by atoms with Crippen molar-refractivity contribution in [3.63, 3.8) is 0 Å². The van der Waals surface area contributed by atoms with Crippen LogP contribution in [0, 0.1) is 6.92 Å². The van der Waals surface area contributed by atoms with Gasteiger partial charge >= 0.3 is 0 Å². The molecule has 0 saturated carbocycles. The fraction of sp³-hybridized carbons (Fsp3) is 0.500. The smallest absolute Gasteiger partial charge is 0.241 e. The summed E-state index contributed by atoms with van der Waals surface area (Å²) in [5, 5.41) is 9.12. The Morgan fingerprint density at radius 2 is 2.06 bits per heavy atom. The number of sulfonamides is 1. The van der Waals surface area contributed by atoms with Crippen molar-refractivity contribution in [3.05, 3.63) is 29.3 Å². The molecule has 0 fully saturated rings. The van der Waals surface area contributed by atoms with Gasteiger partial charge in [0.2, 0.25) is 10.0 Å². The van der Waals surface area contributed by atoms with E-state index < -0.39 is 10.0 Å². The molecule has 2 N–H and O–H groups in total. The number of aliphatic hydroxyl groups excluding tert-OH is 1. The molecule has 4 nitrogen and oxygen atoms in total. The predicted molar refractivity (Wildman–Crippen MR) is 67.2 cm³/mol. The van der Waals surface area contributed by atoms with Crippen molar-refractivity contribution in [2.45, 2.75) is 44.7 Å². The quantitative estimate of drug-likeness (QED) is 0.841. The summed E-state index contributed by atoms with van der Waals surface area (Å²) in [6, 6.07) is 4.82. The van der Waals surface area contributed by atoms with Crippen LogP contribution in [0.2, 0.25) is 0 Å². The molecule has 0 bridgehead atoms. The predicted octanol–water partition coefficient (Wildman–Crippen LogP) is 1.56. The van der Waals surface area contributed by atoms with Gasteiger partial charge < -0.3 is 5.11 Å². The molecular weight excluding hydrogens is 238 g/mol. The van der Waals surface area contributed by atoms with Gasteiger partial charge in [-0.3, -0.25) is 0 Å². The number of nitrogens with one attached hydrogen (secondary N) is 1. The molecule has 1 unspecified atom stereocenters. The van der Waals surface area contributed by atoms with E-state index in [4.69, 9.17) is 5.11 Å². The summed E-state index contributed by atoms with van der Waals surface area (Å²) < 4.78 is 26.8. The summed E-state index contributed by atoms with van der Waals surface area (Å²) in [5.74, 6) is 0.